The quantitative estimate of drug-likeness (QED) is 0.743. The van der Waals surface area contributed by atoms with E-state index in [9.17, 15) is 4.79 Å². The predicted molar refractivity (Wildman–Crippen MR) is 60.6 cm³/mol. The van der Waals surface area contributed by atoms with Crippen molar-refractivity contribution >= 4 is 6.03 Å². The van der Waals surface area contributed by atoms with Gasteiger partial charge in [0.05, 0.1) is 0 Å². The van der Waals surface area contributed by atoms with E-state index < -0.39 is 0 Å². The second-order valence-electron chi connectivity index (χ2n) is 5.47. The second kappa shape index (κ2) is 4.03. The average Bonchev–Trinajstić information content (AvgIpc) is 2.78. The zero-order valence-corrected chi connectivity index (χ0v) is 9.99. The number of rotatable bonds is 2. The zero-order chi connectivity index (χ0) is 11.0. The predicted octanol–water partition coefficient (Wildman–Crippen LogP) is 2.08. The molecule has 0 aliphatic heterocycles. The maximum atomic E-state index is 11.5. The number of urea groups is 1. The van der Waals surface area contributed by atoms with Crippen molar-refractivity contribution in [3.8, 4) is 0 Å². The highest BCUT2D eigenvalue weighted by atomic mass is 16.2. The topological polar surface area (TPSA) is 32.3 Å². The molecule has 0 aromatic carbocycles. The number of hydrogen-bond donors (Lipinski definition) is 1. The summed E-state index contributed by atoms with van der Waals surface area (Å²) in [7, 11) is 3.59. The van der Waals surface area contributed by atoms with Gasteiger partial charge < -0.3 is 10.2 Å². The molecule has 2 amide bonds. The summed E-state index contributed by atoms with van der Waals surface area (Å²) in [6.07, 6.45) is 5.55. The van der Waals surface area contributed by atoms with E-state index in [1.807, 2.05) is 0 Å². The molecule has 2 rings (SSSR count). The number of fused-ring (bicyclic) bond motifs is 2. The number of carbonyl (C=O) groups is 1. The molecule has 1 N–H and O–H groups in total. The molecule has 2 fully saturated rings. The number of amides is 2. The van der Waals surface area contributed by atoms with Crippen LogP contribution in [0.3, 0.4) is 0 Å². The van der Waals surface area contributed by atoms with Gasteiger partial charge in [-0.15, -0.1) is 0 Å². The molecule has 0 saturated heterocycles. The molecule has 0 aromatic heterocycles. The Balaban J connectivity index is 1.86. The molecule has 2 bridgehead atoms. The van der Waals surface area contributed by atoms with Gasteiger partial charge in [-0.05, 0) is 43.9 Å². The van der Waals surface area contributed by atoms with Crippen molar-refractivity contribution in [1.82, 2.24) is 10.2 Å². The van der Waals surface area contributed by atoms with Gasteiger partial charge in [-0.2, -0.15) is 0 Å². The molecular formula is C12H22N2O. The zero-order valence-electron chi connectivity index (χ0n) is 9.99. The van der Waals surface area contributed by atoms with Gasteiger partial charge in [0.25, 0.3) is 0 Å². The highest BCUT2D eigenvalue weighted by Gasteiger charge is 2.42. The van der Waals surface area contributed by atoms with Crippen LogP contribution < -0.4 is 5.32 Å². The summed E-state index contributed by atoms with van der Waals surface area (Å²) in [6.45, 7) is 2.16. The van der Waals surface area contributed by atoms with Crippen LogP contribution in [0.4, 0.5) is 4.79 Å². The molecule has 3 nitrogen and oxygen atoms in total. The monoisotopic (exact) mass is 210 g/mol. The fourth-order valence-corrected chi connectivity index (χ4v) is 3.34. The summed E-state index contributed by atoms with van der Waals surface area (Å²) in [5.41, 5.74) is 0. The number of nitrogens with zero attached hydrogens (tertiary/aromatic N) is 1. The Morgan fingerprint density at radius 1 is 1.33 bits per heavy atom. The smallest absolute Gasteiger partial charge is 0.317 e. The molecule has 0 spiro atoms. The summed E-state index contributed by atoms with van der Waals surface area (Å²) in [6, 6.07) is 0.389. The van der Waals surface area contributed by atoms with Crippen molar-refractivity contribution in [2.24, 2.45) is 17.8 Å². The number of carbonyl (C=O) groups excluding carboxylic acids is 1. The maximum Gasteiger partial charge on any atom is 0.317 e. The van der Waals surface area contributed by atoms with E-state index in [2.05, 4.69) is 12.2 Å². The summed E-state index contributed by atoms with van der Waals surface area (Å²) < 4.78 is 0. The molecule has 4 unspecified atom stereocenters. The van der Waals surface area contributed by atoms with Gasteiger partial charge in [0.1, 0.15) is 0 Å². The normalized spacial score (nSPS) is 35.3. The van der Waals surface area contributed by atoms with E-state index >= 15 is 0 Å². The standard InChI is InChI=1S/C12H22N2O/c1-8(13-12(15)14(2)3)11-7-9-4-5-10(11)6-9/h8-11H,4-7H2,1-3H3,(H,13,15). The van der Waals surface area contributed by atoms with Crippen LogP contribution in [-0.2, 0) is 0 Å². The minimum atomic E-state index is 0.0465. The van der Waals surface area contributed by atoms with Crippen molar-refractivity contribution < 1.29 is 4.79 Å². The van der Waals surface area contributed by atoms with Crippen molar-refractivity contribution in [2.75, 3.05) is 14.1 Å². The number of hydrogen-bond acceptors (Lipinski definition) is 1. The summed E-state index contributed by atoms with van der Waals surface area (Å²) in [5.74, 6) is 2.57. The lowest BCUT2D eigenvalue weighted by molar-refractivity contribution is 0.199. The molecule has 86 valence electrons. The third-order valence-corrected chi connectivity index (χ3v) is 4.19. The Labute approximate surface area is 92.2 Å². The van der Waals surface area contributed by atoms with Crippen molar-refractivity contribution in [3.63, 3.8) is 0 Å². The van der Waals surface area contributed by atoms with Crippen LogP contribution >= 0.6 is 0 Å². The first-order valence-corrected chi connectivity index (χ1v) is 6.05. The van der Waals surface area contributed by atoms with Crippen LogP contribution in [0.2, 0.25) is 0 Å². The molecular weight excluding hydrogens is 188 g/mol. The lowest BCUT2D eigenvalue weighted by Gasteiger charge is -2.29. The largest absolute Gasteiger partial charge is 0.335 e. The summed E-state index contributed by atoms with van der Waals surface area (Å²) in [4.78, 5) is 13.1. The van der Waals surface area contributed by atoms with Crippen LogP contribution in [0.1, 0.15) is 32.6 Å². The Hall–Kier alpha value is -0.730. The maximum absolute atomic E-state index is 11.5. The third kappa shape index (κ3) is 2.11. The molecule has 15 heavy (non-hydrogen) atoms. The Bertz CT molecular complexity index is 252. The minimum absolute atomic E-state index is 0.0465. The molecule has 4 atom stereocenters. The highest BCUT2D eigenvalue weighted by molar-refractivity contribution is 5.73. The van der Waals surface area contributed by atoms with Gasteiger partial charge in [-0.25, -0.2) is 4.79 Å². The molecule has 0 radical (unpaired) electrons. The average molecular weight is 210 g/mol. The van der Waals surface area contributed by atoms with Crippen LogP contribution in [0.5, 0.6) is 0 Å². The van der Waals surface area contributed by atoms with E-state index in [0.29, 0.717) is 6.04 Å². The van der Waals surface area contributed by atoms with Crippen LogP contribution in [0.15, 0.2) is 0 Å². The van der Waals surface area contributed by atoms with E-state index in [1.54, 1.807) is 19.0 Å². The van der Waals surface area contributed by atoms with E-state index in [-0.39, 0.29) is 6.03 Å². The molecule has 2 saturated carbocycles. The van der Waals surface area contributed by atoms with E-state index in [1.165, 1.54) is 25.7 Å². The van der Waals surface area contributed by atoms with Gasteiger partial charge in [0.15, 0.2) is 0 Å². The van der Waals surface area contributed by atoms with E-state index in [4.69, 9.17) is 0 Å². The highest BCUT2D eigenvalue weighted by Crippen LogP contribution is 2.49. The fraction of sp³-hybridized carbons (Fsp3) is 0.917. The van der Waals surface area contributed by atoms with Gasteiger partial charge in [0, 0.05) is 20.1 Å². The lowest BCUT2D eigenvalue weighted by atomic mass is 9.84. The van der Waals surface area contributed by atoms with Crippen LogP contribution in [0.25, 0.3) is 0 Å². The Morgan fingerprint density at radius 2 is 2.07 bits per heavy atom. The second-order valence-corrected chi connectivity index (χ2v) is 5.47. The first kappa shape index (κ1) is 10.8. The molecule has 0 aromatic rings. The summed E-state index contributed by atoms with van der Waals surface area (Å²) >= 11 is 0. The molecule has 2 aliphatic carbocycles. The Kier molecular flexibility index (Phi) is 2.89. The first-order valence-electron chi connectivity index (χ1n) is 6.05. The molecule has 3 heteroatoms. The summed E-state index contributed by atoms with van der Waals surface area (Å²) in [5, 5.41) is 3.09. The molecule has 0 heterocycles. The van der Waals surface area contributed by atoms with Crippen molar-refractivity contribution in [1.29, 1.82) is 0 Å². The lowest BCUT2D eigenvalue weighted by Crippen LogP contribution is -2.44. The Morgan fingerprint density at radius 3 is 2.53 bits per heavy atom. The van der Waals surface area contributed by atoms with Gasteiger partial charge in [-0.3, -0.25) is 0 Å². The fourth-order valence-electron chi connectivity index (χ4n) is 3.34. The van der Waals surface area contributed by atoms with Crippen molar-refractivity contribution in [3.05, 3.63) is 0 Å². The van der Waals surface area contributed by atoms with Crippen LogP contribution in [-0.4, -0.2) is 31.1 Å². The first-order chi connectivity index (χ1) is 7.08. The van der Waals surface area contributed by atoms with Gasteiger partial charge in [-0.1, -0.05) is 6.42 Å². The third-order valence-electron chi connectivity index (χ3n) is 4.19. The van der Waals surface area contributed by atoms with Gasteiger partial charge >= 0.3 is 6.03 Å². The van der Waals surface area contributed by atoms with Crippen LogP contribution in [0, 0.1) is 17.8 Å². The minimum Gasteiger partial charge on any atom is -0.335 e. The van der Waals surface area contributed by atoms with E-state index in [0.717, 1.165) is 17.8 Å². The molecule has 2 aliphatic rings. The number of nitrogens with one attached hydrogen (secondary N) is 1. The van der Waals surface area contributed by atoms with Crippen molar-refractivity contribution in [2.45, 2.75) is 38.6 Å². The SMILES string of the molecule is CC(NC(=O)N(C)C)C1CC2CCC1C2. The van der Waals surface area contributed by atoms with Gasteiger partial charge in [0.2, 0.25) is 0 Å².